The van der Waals surface area contributed by atoms with E-state index in [1.807, 2.05) is 0 Å². The van der Waals surface area contributed by atoms with Gasteiger partial charge in [-0.25, -0.2) is 4.79 Å². The Morgan fingerprint density at radius 1 is 1.03 bits per heavy atom. The quantitative estimate of drug-likeness (QED) is 0.231. The Labute approximate surface area is 205 Å². The van der Waals surface area contributed by atoms with Crippen molar-refractivity contribution >= 4 is 46.4 Å². The molecule has 35 heavy (non-hydrogen) atoms. The standard InChI is InChI=1S/C24H21ClN4O6/c1-26-23(31)15-6-4-7-17(11-15)28-22(30)14-35-24(32)19-12-18(29(33)34)9-10-21(19)27-13-16-5-2-3-8-20(16)25/h2-12,27H,13-14H2,1H3,(H,26,31)(H,28,30). The second-order valence-electron chi connectivity index (χ2n) is 7.22. The van der Waals surface area contributed by atoms with Crippen LogP contribution in [0.3, 0.4) is 0 Å². The van der Waals surface area contributed by atoms with Gasteiger partial charge in [-0.1, -0.05) is 35.9 Å². The van der Waals surface area contributed by atoms with Gasteiger partial charge in [0.05, 0.1) is 10.5 Å². The summed E-state index contributed by atoms with van der Waals surface area (Å²) in [6.07, 6.45) is 0. The fourth-order valence-electron chi connectivity index (χ4n) is 3.09. The maximum absolute atomic E-state index is 12.7. The molecule has 3 aromatic rings. The second-order valence-corrected chi connectivity index (χ2v) is 7.62. The van der Waals surface area contributed by atoms with Crippen LogP contribution >= 0.6 is 11.6 Å². The molecule has 0 aliphatic carbocycles. The molecule has 0 unspecified atom stereocenters. The van der Waals surface area contributed by atoms with Gasteiger partial charge in [-0.05, 0) is 35.9 Å². The fourth-order valence-corrected chi connectivity index (χ4v) is 3.29. The van der Waals surface area contributed by atoms with E-state index in [0.29, 0.717) is 16.3 Å². The maximum Gasteiger partial charge on any atom is 0.341 e. The average molecular weight is 497 g/mol. The largest absolute Gasteiger partial charge is 0.452 e. The zero-order valence-corrected chi connectivity index (χ0v) is 19.3. The number of carbonyl (C=O) groups excluding carboxylic acids is 3. The molecule has 11 heteroatoms. The van der Waals surface area contributed by atoms with Gasteiger partial charge in [-0.3, -0.25) is 19.7 Å². The molecule has 0 heterocycles. The first kappa shape index (κ1) is 25.2. The first-order valence-electron chi connectivity index (χ1n) is 10.3. The third-order valence-corrected chi connectivity index (χ3v) is 5.20. The predicted molar refractivity (Wildman–Crippen MR) is 131 cm³/mol. The summed E-state index contributed by atoms with van der Waals surface area (Å²) in [5.41, 5.74) is 1.29. The Balaban J connectivity index is 1.69. The number of carbonyl (C=O) groups is 3. The number of hydrogen-bond donors (Lipinski definition) is 3. The van der Waals surface area contributed by atoms with Crippen LogP contribution < -0.4 is 16.0 Å². The third kappa shape index (κ3) is 6.78. The number of non-ortho nitro benzene ring substituents is 1. The number of rotatable bonds is 9. The number of halogens is 1. The van der Waals surface area contributed by atoms with Crippen LogP contribution in [-0.2, 0) is 16.1 Å². The van der Waals surface area contributed by atoms with Crippen molar-refractivity contribution in [3.63, 3.8) is 0 Å². The number of nitro benzene ring substituents is 1. The summed E-state index contributed by atoms with van der Waals surface area (Å²) in [4.78, 5) is 47.3. The van der Waals surface area contributed by atoms with Crippen molar-refractivity contribution in [2.45, 2.75) is 6.54 Å². The molecular formula is C24H21ClN4O6. The van der Waals surface area contributed by atoms with Gasteiger partial charge < -0.3 is 20.7 Å². The van der Waals surface area contributed by atoms with Crippen LogP contribution in [0.5, 0.6) is 0 Å². The Kier molecular flexibility index (Phi) is 8.36. The minimum Gasteiger partial charge on any atom is -0.452 e. The number of anilines is 2. The van der Waals surface area contributed by atoms with Gasteiger partial charge in [0.25, 0.3) is 17.5 Å². The monoisotopic (exact) mass is 496 g/mol. The zero-order chi connectivity index (χ0) is 25.4. The van der Waals surface area contributed by atoms with Crippen molar-refractivity contribution in [1.82, 2.24) is 5.32 Å². The van der Waals surface area contributed by atoms with Crippen LogP contribution in [0.15, 0.2) is 66.7 Å². The second kappa shape index (κ2) is 11.6. The lowest BCUT2D eigenvalue weighted by atomic mass is 10.1. The van der Waals surface area contributed by atoms with E-state index >= 15 is 0 Å². The minimum absolute atomic E-state index is 0.110. The maximum atomic E-state index is 12.7. The molecule has 0 aliphatic rings. The third-order valence-electron chi connectivity index (χ3n) is 4.83. The van der Waals surface area contributed by atoms with Crippen LogP contribution in [-0.4, -0.2) is 36.4 Å². The van der Waals surface area contributed by atoms with Crippen molar-refractivity contribution in [2.75, 3.05) is 24.3 Å². The molecule has 3 aromatic carbocycles. The molecule has 0 aromatic heterocycles. The van der Waals surface area contributed by atoms with Gasteiger partial charge in [0.2, 0.25) is 0 Å². The molecule has 180 valence electrons. The van der Waals surface area contributed by atoms with Gasteiger partial charge in [0.1, 0.15) is 0 Å². The Morgan fingerprint density at radius 3 is 2.51 bits per heavy atom. The first-order chi connectivity index (χ1) is 16.8. The van der Waals surface area contributed by atoms with Crippen LogP contribution in [0.2, 0.25) is 5.02 Å². The lowest BCUT2D eigenvalue weighted by Crippen LogP contribution is -2.22. The number of hydrogen-bond acceptors (Lipinski definition) is 7. The highest BCUT2D eigenvalue weighted by atomic mass is 35.5. The molecule has 0 aliphatic heterocycles. The highest BCUT2D eigenvalue weighted by molar-refractivity contribution is 6.31. The van der Waals surface area contributed by atoms with E-state index in [2.05, 4.69) is 16.0 Å². The molecule has 0 radical (unpaired) electrons. The van der Waals surface area contributed by atoms with Gasteiger partial charge in [-0.2, -0.15) is 0 Å². The van der Waals surface area contributed by atoms with Crippen LogP contribution in [0.1, 0.15) is 26.3 Å². The van der Waals surface area contributed by atoms with Crippen molar-refractivity contribution < 1.29 is 24.0 Å². The Bertz CT molecular complexity index is 1280. The number of nitrogens with one attached hydrogen (secondary N) is 3. The van der Waals surface area contributed by atoms with Crippen molar-refractivity contribution in [3.8, 4) is 0 Å². The lowest BCUT2D eigenvalue weighted by molar-refractivity contribution is -0.384. The highest BCUT2D eigenvalue weighted by Gasteiger charge is 2.19. The van der Waals surface area contributed by atoms with Gasteiger partial charge >= 0.3 is 5.97 Å². The normalized spacial score (nSPS) is 10.2. The van der Waals surface area contributed by atoms with Gasteiger partial charge in [0.15, 0.2) is 6.61 Å². The van der Waals surface area contributed by atoms with Crippen LogP contribution in [0, 0.1) is 10.1 Å². The number of nitro groups is 1. The van der Waals surface area contributed by atoms with E-state index < -0.39 is 23.4 Å². The molecule has 3 N–H and O–H groups in total. The Morgan fingerprint density at radius 2 is 1.80 bits per heavy atom. The molecule has 3 rings (SSSR count). The molecule has 0 fully saturated rings. The molecule has 0 saturated carbocycles. The summed E-state index contributed by atoms with van der Waals surface area (Å²) in [5.74, 6) is -1.90. The van der Waals surface area contributed by atoms with E-state index in [1.165, 1.54) is 25.2 Å². The molecule has 2 amide bonds. The van der Waals surface area contributed by atoms with E-state index in [9.17, 15) is 24.5 Å². The summed E-state index contributed by atoms with van der Waals surface area (Å²) in [7, 11) is 1.48. The average Bonchev–Trinajstić information content (AvgIpc) is 2.86. The summed E-state index contributed by atoms with van der Waals surface area (Å²) in [5, 5.41) is 19.7. The number of ether oxygens (including phenoxy) is 1. The van der Waals surface area contributed by atoms with Gasteiger partial charge in [0, 0.05) is 47.7 Å². The van der Waals surface area contributed by atoms with E-state index in [-0.39, 0.29) is 29.4 Å². The Hall–Kier alpha value is -4.44. The summed E-state index contributed by atoms with van der Waals surface area (Å²) >= 11 is 6.16. The predicted octanol–water partition coefficient (Wildman–Crippen LogP) is 4.02. The molecule has 0 saturated heterocycles. The van der Waals surface area contributed by atoms with E-state index in [1.54, 1.807) is 42.5 Å². The topological polar surface area (TPSA) is 140 Å². The summed E-state index contributed by atoms with van der Waals surface area (Å²) in [6, 6.07) is 17.0. The van der Waals surface area contributed by atoms with Crippen molar-refractivity contribution in [2.24, 2.45) is 0 Å². The summed E-state index contributed by atoms with van der Waals surface area (Å²) < 4.78 is 5.09. The molecular weight excluding hydrogens is 476 g/mol. The first-order valence-corrected chi connectivity index (χ1v) is 10.7. The molecule has 0 bridgehead atoms. The van der Waals surface area contributed by atoms with Crippen LogP contribution in [0.4, 0.5) is 17.1 Å². The summed E-state index contributed by atoms with van der Waals surface area (Å²) in [6.45, 7) is -0.393. The lowest BCUT2D eigenvalue weighted by Gasteiger charge is -2.13. The number of esters is 1. The van der Waals surface area contributed by atoms with E-state index in [0.717, 1.165) is 11.6 Å². The molecule has 0 spiro atoms. The smallest absolute Gasteiger partial charge is 0.341 e. The van der Waals surface area contributed by atoms with Crippen LogP contribution in [0.25, 0.3) is 0 Å². The zero-order valence-electron chi connectivity index (χ0n) is 18.5. The minimum atomic E-state index is -0.926. The van der Waals surface area contributed by atoms with Crippen molar-refractivity contribution in [3.05, 3.63) is 98.6 Å². The molecule has 10 nitrogen and oxygen atoms in total. The van der Waals surface area contributed by atoms with Gasteiger partial charge in [-0.15, -0.1) is 0 Å². The molecule has 0 atom stereocenters. The number of benzene rings is 3. The van der Waals surface area contributed by atoms with E-state index in [4.69, 9.17) is 16.3 Å². The number of amides is 2. The fraction of sp³-hybridized carbons (Fsp3) is 0.125. The highest BCUT2D eigenvalue weighted by Crippen LogP contribution is 2.25. The van der Waals surface area contributed by atoms with Crippen molar-refractivity contribution in [1.29, 1.82) is 0 Å². The SMILES string of the molecule is CNC(=O)c1cccc(NC(=O)COC(=O)c2cc([N+](=O)[O-])ccc2NCc2ccccc2Cl)c1. The number of nitrogens with zero attached hydrogens (tertiary/aromatic N) is 1.